The van der Waals surface area contributed by atoms with Crippen molar-refractivity contribution in [1.82, 2.24) is 15.8 Å². The number of aromatic nitrogens is 1. The lowest BCUT2D eigenvalue weighted by Crippen LogP contribution is -2.42. The topological polar surface area (TPSA) is 97.4 Å². The van der Waals surface area contributed by atoms with Crippen molar-refractivity contribution in [3.05, 3.63) is 35.3 Å². The van der Waals surface area contributed by atoms with Crippen molar-refractivity contribution in [2.24, 2.45) is 0 Å². The normalized spacial score (nSPS) is 10.6. The van der Waals surface area contributed by atoms with Crippen LogP contribution in [0.5, 0.6) is 0 Å². The maximum Gasteiger partial charge on any atom is 0.331 e. The predicted octanol–water partition coefficient (Wildman–Crippen LogP) is 1.02. The number of amides is 2. The predicted molar refractivity (Wildman–Crippen MR) is 81.6 cm³/mol. The summed E-state index contributed by atoms with van der Waals surface area (Å²) in [7, 11) is 0. The Morgan fingerprint density at radius 2 is 2.05 bits per heavy atom. The molecule has 2 amide bonds. The van der Waals surface area contributed by atoms with E-state index in [-0.39, 0.29) is 0 Å². The summed E-state index contributed by atoms with van der Waals surface area (Å²) in [5, 5.41) is 0.667. The van der Waals surface area contributed by atoms with Gasteiger partial charge in [-0.3, -0.25) is 20.4 Å². The summed E-state index contributed by atoms with van der Waals surface area (Å²) in [6.45, 7) is 0.760. The molecule has 1 heterocycles. The van der Waals surface area contributed by atoms with Crippen LogP contribution in [0, 0.1) is 0 Å². The maximum absolute atomic E-state index is 11.5. The number of benzene rings is 1. The lowest BCUT2D eigenvalue weighted by Gasteiger charge is -2.04. The van der Waals surface area contributed by atoms with Crippen LogP contribution in [0.15, 0.2) is 30.3 Å². The molecular weight excluding hydrogens is 306 g/mol. The third-order valence-corrected chi connectivity index (χ3v) is 3.40. The van der Waals surface area contributed by atoms with Crippen molar-refractivity contribution in [2.45, 2.75) is 6.92 Å². The lowest BCUT2D eigenvalue weighted by atomic mass is 10.3. The Morgan fingerprint density at radius 3 is 2.77 bits per heavy atom. The van der Waals surface area contributed by atoms with Gasteiger partial charge in [0, 0.05) is 13.0 Å². The van der Waals surface area contributed by atoms with Crippen LogP contribution in [0.4, 0.5) is 0 Å². The number of nitrogens with zero attached hydrogens (tertiary/aromatic N) is 1. The Hall–Kier alpha value is -2.74. The van der Waals surface area contributed by atoms with Crippen molar-refractivity contribution in [2.75, 3.05) is 6.61 Å². The molecule has 0 saturated heterocycles. The quantitative estimate of drug-likeness (QED) is 0.498. The summed E-state index contributed by atoms with van der Waals surface area (Å²) >= 11 is 1.44. The van der Waals surface area contributed by atoms with E-state index in [1.807, 2.05) is 24.3 Å². The van der Waals surface area contributed by atoms with Gasteiger partial charge >= 0.3 is 5.97 Å². The third-order valence-electron chi connectivity index (χ3n) is 2.40. The molecule has 1 aromatic carbocycles. The van der Waals surface area contributed by atoms with Gasteiger partial charge < -0.3 is 4.74 Å². The van der Waals surface area contributed by atoms with Crippen LogP contribution < -0.4 is 10.9 Å². The average Bonchev–Trinajstić information content (AvgIpc) is 2.91. The second-order valence-corrected chi connectivity index (χ2v) is 5.25. The summed E-state index contributed by atoms with van der Waals surface area (Å²) in [5.41, 5.74) is 5.02. The van der Waals surface area contributed by atoms with E-state index in [0.717, 1.165) is 10.2 Å². The number of para-hydroxylation sites is 1. The molecule has 0 aliphatic heterocycles. The van der Waals surface area contributed by atoms with E-state index >= 15 is 0 Å². The van der Waals surface area contributed by atoms with Crippen LogP contribution in [0.1, 0.15) is 11.9 Å². The molecule has 0 atom stereocenters. The number of thiazole rings is 1. The summed E-state index contributed by atoms with van der Waals surface area (Å²) in [5.74, 6) is -1.72. The van der Waals surface area contributed by atoms with Gasteiger partial charge in [-0.25, -0.2) is 9.78 Å². The smallest absolute Gasteiger partial charge is 0.331 e. The molecule has 0 radical (unpaired) electrons. The van der Waals surface area contributed by atoms with E-state index in [1.165, 1.54) is 30.4 Å². The molecule has 0 spiro atoms. The number of rotatable bonds is 4. The van der Waals surface area contributed by atoms with Crippen LogP contribution in [0.25, 0.3) is 16.3 Å². The van der Waals surface area contributed by atoms with E-state index in [2.05, 4.69) is 15.8 Å². The number of esters is 1. The van der Waals surface area contributed by atoms with Gasteiger partial charge in [-0.05, 0) is 18.2 Å². The number of carbonyl (C=O) groups is 3. The highest BCUT2D eigenvalue weighted by Gasteiger charge is 2.05. The Labute approximate surface area is 130 Å². The molecule has 0 aliphatic carbocycles. The highest BCUT2D eigenvalue weighted by atomic mass is 32.1. The molecule has 7 nitrogen and oxygen atoms in total. The monoisotopic (exact) mass is 319 g/mol. The van der Waals surface area contributed by atoms with E-state index in [4.69, 9.17) is 4.74 Å². The van der Waals surface area contributed by atoms with E-state index < -0.39 is 24.4 Å². The molecule has 0 fully saturated rings. The number of nitrogens with one attached hydrogen (secondary N) is 2. The van der Waals surface area contributed by atoms with Gasteiger partial charge in [0.05, 0.1) is 10.2 Å². The van der Waals surface area contributed by atoms with Gasteiger partial charge in [-0.1, -0.05) is 12.1 Å². The number of hydrazine groups is 1. The second-order valence-electron chi connectivity index (χ2n) is 4.19. The first-order valence-corrected chi connectivity index (χ1v) is 7.12. The minimum Gasteiger partial charge on any atom is -0.452 e. The van der Waals surface area contributed by atoms with Gasteiger partial charge in [0.15, 0.2) is 6.61 Å². The first-order valence-electron chi connectivity index (χ1n) is 6.30. The Balaban J connectivity index is 1.83. The van der Waals surface area contributed by atoms with Crippen LogP contribution in [-0.2, 0) is 19.1 Å². The minimum atomic E-state index is -0.669. The highest BCUT2D eigenvalue weighted by Crippen LogP contribution is 2.22. The standard InChI is InChI=1S/C14H13N3O4S/c1-9(18)16-17-12(19)8-21-14(20)7-6-13-15-10-4-2-3-5-11(10)22-13/h2-7H,8H2,1H3,(H,16,18)(H,17,19)/b7-6+. The fourth-order valence-electron chi connectivity index (χ4n) is 1.48. The van der Waals surface area contributed by atoms with Gasteiger partial charge in [0.1, 0.15) is 5.01 Å². The van der Waals surface area contributed by atoms with Gasteiger partial charge in [0.25, 0.3) is 5.91 Å². The zero-order valence-corrected chi connectivity index (χ0v) is 12.5. The van der Waals surface area contributed by atoms with Crippen LogP contribution in [0.3, 0.4) is 0 Å². The molecule has 0 bridgehead atoms. The fraction of sp³-hybridized carbons (Fsp3) is 0.143. The number of fused-ring (bicyclic) bond motifs is 1. The summed E-state index contributed by atoms with van der Waals surface area (Å²) in [6.07, 6.45) is 2.72. The molecule has 8 heteroatoms. The molecule has 114 valence electrons. The van der Waals surface area contributed by atoms with Crippen molar-refractivity contribution < 1.29 is 19.1 Å². The Morgan fingerprint density at radius 1 is 1.27 bits per heavy atom. The Bertz CT molecular complexity index is 706. The molecule has 0 aliphatic rings. The van der Waals surface area contributed by atoms with Gasteiger partial charge in [-0.2, -0.15) is 0 Å². The molecule has 22 heavy (non-hydrogen) atoms. The van der Waals surface area contributed by atoms with E-state index in [9.17, 15) is 14.4 Å². The summed E-state index contributed by atoms with van der Waals surface area (Å²) in [4.78, 5) is 37.6. The zero-order valence-electron chi connectivity index (χ0n) is 11.7. The van der Waals surface area contributed by atoms with Crippen molar-refractivity contribution >= 4 is 45.4 Å². The zero-order chi connectivity index (χ0) is 15.9. The minimum absolute atomic E-state index is 0.421. The number of ether oxygens (including phenoxy) is 1. The fourth-order valence-corrected chi connectivity index (χ4v) is 2.35. The lowest BCUT2D eigenvalue weighted by molar-refractivity contribution is -0.144. The molecule has 0 unspecified atom stereocenters. The first-order chi connectivity index (χ1) is 10.5. The van der Waals surface area contributed by atoms with Crippen molar-refractivity contribution in [1.29, 1.82) is 0 Å². The third kappa shape index (κ3) is 4.67. The van der Waals surface area contributed by atoms with Crippen LogP contribution in [-0.4, -0.2) is 29.4 Å². The average molecular weight is 319 g/mol. The maximum atomic E-state index is 11.5. The highest BCUT2D eigenvalue weighted by molar-refractivity contribution is 7.19. The summed E-state index contributed by atoms with van der Waals surface area (Å²) < 4.78 is 5.74. The van der Waals surface area contributed by atoms with Crippen molar-refractivity contribution in [3.63, 3.8) is 0 Å². The summed E-state index contributed by atoms with van der Waals surface area (Å²) in [6, 6.07) is 7.62. The van der Waals surface area contributed by atoms with Crippen LogP contribution >= 0.6 is 11.3 Å². The van der Waals surface area contributed by atoms with E-state index in [0.29, 0.717) is 5.01 Å². The van der Waals surface area contributed by atoms with Gasteiger partial charge in [0.2, 0.25) is 5.91 Å². The molecule has 2 rings (SSSR count). The number of hydrogen-bond donors (Lipinski definition) is 2. The second kappa shape index (κ2) is 7.32. The SMILES string of the molecule is CC(=O)NNC(=O)COC(=O)/C=C/c1nc2ccccc2s1. The van der Waals surface area contributed by atoms with Crippen molar-refractivity contribution in [3.8, 4) is 0 Å². The Kier molecular flexibility index (Phi) is 5.21. The molecule has 0 saturated carbocycles. The number of hydrogen-bond acceptors (Lipinski definition) is 6. The largest absolute Gasteiger partial charge is 0.452 e. The molecule has 2 N–H and O–H groups in total. The van der Waals surface area contributed by atoms with Gasteiger partial charge in [-0.15, -0.1) is 11.3 Å². The molecular formula is C14H13N3O4S. The van der Waals surface area contributed by atoms with Crippen LogP contribution in [0.2, 0.25) is 0 Å². The number of carbonyl (C=O) groups excluding carboxylic acids is 3. The van der Waals surface area contributed by atoms with E-state index in [1.54, 1.807) is 0 Å². The molecule has 2 aromatic rings. The first kappa shape index (κ1) is 15.6. The molecule has 1 aromatic heterocycles.